The third-order valence-corrected chi connectivity index (χ3v) is 6.68. The Morgan fingerprint density at radius 2 is 1.07 bits per heavy atom. The van der Waals surface area contributed by atoms with Gasteiger partial charge >= 0.3 is 11.9 Å². The summed E-state index contributed by atoms with van der Waals surface area (Å²) >= 11 is 13.2. The highest BCUT2D eigenvalue weighted by molar-refractivity contribution is 6.53. The van der Waals surface area contributed by atoms with Crippen molar-refractivity contribution in [2.45, 2.75) is 0 Å². The SMILES string of the molecule is COC(=O)c1c(C(=O)OC)c2ccc3cc(Cl)c4c(Cl)cc5ccc1c1c5c4c3c21. The van der Waals surface area contributed by atoms with E-state index in [-0.39, 0.29) is 11.1 Å². The summed E-state index contributed by atoms with van der Waals surface area (Å²) in [5, 5.41) is 9.80. The maximum absolute atomic E-state index is 12.8. The molecule has 0 saturated carbocycles. The Kier molecular flexibility index (Phi) is 3.40. The van der Waals surface area contributed by atoms with Crippen LogP contribution in [-0.4, -0.2) is 26.2 Å². The van der Waals surface area contributed by atoms with E-state index in [0.717, 1.165) is 43.1 Å². The van der Waals surface area contributed by atoms with Gasteiger partial charge in [0.2, 0.25) is 0 Å². The van der Waals surface area contributed by atoms with E-state index in [9.17, 15) is 9.59 Å². The Bertz CT molecular complexity index is 1550. The molecule has 0 spiro atoms. The molecule has 0 saturated heterocycles. The van der Waals surface area contributed by atoms with Crippen LogP contribution in [0.5, 0.6) is 0 Å². The number of rotatable bonds is 2. The highest BCUT2D eigenvalue weighted by Gasteiger charge is 2.31. The number of hydrogen-bond donors (Lipinski definition) is 0. The zero-order valence-corrected chi connectivity index (χ0v) is 17.4. The number of carbonyl (C=O) groups excluding carboxylic acids is 2. The lowest BCUT2D eigenvalue weighted by Crippen LogP contribution is -2.13. The minimum absolute atomic E-state index is 0.204. The van der Waals surface area contributed by atoms with Crippen LogP contribution in [0.3, 0.4) is 0 Å². The molecule has 0 aliphatic carbocycles. The van der Waals surface area contributed by atoms with E-state index in [4.69, 9.17) is 32.7 Å². The molecule has 6 heteroatoms. The van der Waals surface area contributed by atoms with Crippen molar-refractivity contribution in [2.75, 3.05) is 14.2 Å². The van der Waals surface area contributed by atoms with Crippen molar-refractivity contribution in [3.63, 3.8) is 0 Å². The molecule has 0 radical (unpaired) electrons. The van der Waals surface area contributed by atoms with E-state index in [1.807, 2.05) is 36.4 Å². The van der Waals surface area contributed by atoms with E-state index in [2.05, 4.69) is 0 Å². The second-order valence-corrected chi connectivity index (χ2v) is 8.19. The van der Waals surface area contributed by atoms with Gasteiger partial charge in [-0.3, -0.25) is 0 Å². The number of methoxy groups -OCH3 is 2. The first-order valence-electron chi connectivity index (χ1n) is 9.24. The first-order chi connectivity index (χ1) is 14.5. The average molecular weight is 435 g/mol. The lowest BCUT2D eigenvalue weighted by Gasteiger charge is -2.14. The van der Waals surface area contributed by atoms with Gasteiger partial charge in [0.1, 0.15) is 0 Å². The Hall–Kier alpha value is -3.08. The molecular weight excluding hydrogens is 423 g/mol. The lowest BCUT2D eigenvalue weighted by atomic mass is 9.90. The van der Waals surface area contributed by atoms with Gasteiger partial charge in [0.15, 0.2) is 0 Å². The predicted octanol–water partition coefficient (Wildman–Crippen LogP) is 6.65. The Morgan fingerprint density at radius 3 is 1.47 bits per heavy atom. The van der Waals surface area contributed by atoms with Crippen LogP contribution in [0.2, 0.25) is 10.0 Å². The van der Waals surface area contributed by atoms with Gasteiger partial charge in [-0.05, 0) is 55.2 Å². The molecule has 146 valence electrons. The largest absolute Gasteiger partial charge is 0.465 e. The Balaban J connectivity index is 2.06. The van der Waals surface area contributed by atoms with Gasteiger partial charge in [-0.2, -0.15) is 0 Å². The van der Waals surface area contributed by atoms with Gasteiger partial charge in [0.25, 0.3) is 0 Å². The van der Waals surface area contributed by atoms with Crippen LogP contribution in [0, 0.1) is 0 Å². The van der Waals surface area contributed by atoms with Gasteiger partial charge in [-0.25, -0.2) is 9.59 Å². The van der Waals surface area contributed by atoms with E-state index >= 15 is 0 Å². The predicted molar refractivity (Wildman–Crippen MR) is 120 cm³/mol. The molecule has 6 aromatic rings. The topological polar surface area (TPSA) is 52.6 Å². The molecule has 0 amide bonds. The van der Waals surface area contributed by atoms with Crippen molar-refractivity contribution in [3.05, 3.63) is 57.6 Å². The maximum Gasteiger partial charge on any atom is 0.339 e. The second-order valence-electron chi connectivity index (χ2n) is 7.37. The molecule has 0 atom stereocenters. The fraction of sp³-hybridized carbons (Fsp3) is 0.0833. The number of carbonyl (C=O) groups is 2. The molecule has 0 unspecified atom stereocenters. The summed E-state index contributed by atoms with van der Waals surface area (Å²) in [6, 6.07) is 11.3. The van der Waals surface area contributed by atoms with Gasteiger partial charge < -0.3 is 9.47 Å². The first-order valence-corrected chi connectivity index (χ1v) is 9.99. The molecule has 30 heavy (non-hydrogen) atoms. The fourth-order valence-electron chi connectivity index (χ4n) is 5.00. The molecule has 6 rings (SSSR count). The van der Waals surface area contributed by atoms with Crippen LogP contribution in [-0.2, 0) is 9.47 Å². The number of esters is 2. The molecule has 0 aromatic heterocycles. The van der Waals surface area contributed by atoms with Crippen molar-refractivity contribution >= 4 is 89.0 Å². The van der Waals surface area contributed by atoms with Crippen LogP contribution in [0.15, 0.2) is 36.4 Å². The minimum Gasteiger partial charge on any atom is -0.465 e. The van der Waals surface area contributed by atoms with Crippen molar-refractivity contribution in [1.29, 1.82) is 0 Å². The Morgan fingerprint density at radius 1 is 0.633 bits per heavy atom. The number of halogens is 2. The fourth-order valence-corrected chi connectivity index (χ4v) is 5.67. The molecular formula is C24H12Cl2O4. The van der Waals surface area contributed by atoms with Gasteiger partial charge in [0.05, 0.1) is 35.4 Å². The van der Waals surface area contributed by atoms with Crippen molar-refractivity contribution < 1.29 is 19.1 Å². The van der Waals surface area contributed by atoms with E-state index in [0.29, 0.717) is 20.8 Å². The average Bonchev–Trinajstić information content (AvgIpc) is 3.11. The Labute approximate surface area is 179 Å². The van der Waals surface area contributed by atoms with Crippen LogP contribution >= 0.6 is 23.2 Å². The molecule has 0 aliphatic rings. The quantitative estimate of drug-likeness (QED) is 0.226. The standard InChI is InChI=1S/C24H12Cl2O4/c1-29-23(27)19-11-5-3-9-7-13(25)21-14(26)8-10-4-6-12(20(19)24(28)30-2)18-16(10)22(21)15(9)17(11)18/h3-8H,1-2H3. The molecule has 4 nitrogen and oxygen atoms in total. The smallest absolute Gasteiger partial charge is 0.339 e. The summed E-state index contributed by atoms with van der Waals surface area (Å²) in [5.41, 5.74) is 0.408. The van der Waals surface area contributed by atoms with Gasteiger partial charge in [-0.15, -0.1) is 0 Å². The van der Waals surface area contributed by atoms with E-state index < -0.39 is 11.9 Å². The van der Waals surface area contributed by atoms with Gasteiger partial charge in [-0.1, -0.05) is 47.5 Å². The monoisotopic (exact) mass is 434 g/mol. The molecule has 0 aliphatic heterocycles. The molecule has 0 heterocycles. The van der Waals surface area contributed by atoms with Crippen molar-refractivity contribution in [1.82, 2.24) is 0 Å². The zero-order valence-electron chi connectivity index (χ0n) is 15.9. The first kappa shape index (κ1) is 17.8. The van der Waals surface area contributed by atoms with Crippen LogP contribution < -0.4 is 0 Å². The lowest BCUT2D eigenvalue weighted by molar-refractivity contribution is 0.0559. The molecule has 6 aromatic carbocycles. The molecule has 0 bridgehead atoms. The van der Waals surface area contributed by atoms with Gasteiger partial charge in [0, 0.05) is 10.8 Å². The highest BCUT2D eigenvalue weighted by atomic mass is 35.5. The summed E-state index contributed by atoms with van der Waals surface area (Å²) in [5.74, 6) is -1.17. The summed E-state index contributed by atoms with van der Waals surface area (Å²) in [4.78, 5) is 25.7. The maximum atomic E-state index is 12.8. The molecule has 0 N–H and O–H groups in total. The third-order valence-electron chi connectivity index (χ3n) is 6.08. The second kappa shape index (κ2) is 5.75. The van der Waals surface area contributed by atoms with Crippen LogP contribution in [0.25, 0.3) is 53.9 Å². The van der Waals surface area contributed by atoms with E-state index in [1.165, 1.54) is 14.2 Å². The molecule has 0 fully saturated rings. The van der Waals surface area contributed by atoms with E-state index in [1.54, 1.807) is 0 Å². The van der Waals surface area contributed by atoms with Crippen molar-refractivity contribution in [3.8, 4) is 0 Å². The summed E-state index contributed by atoms with van der Waals surface area (Å²) < 4.78 is 10.1. The number of ether oxygens (including phenoxy) is 2. The summed E-state index contributed by atoms with van der Waals surface area (Å²) in [7, 11) is 2.60. The summed E-state index contributed by atoms with van der Waals surface area (Å²) in [6.07, 6.45) is 0. The summed E-state index contributed by atoms with van der Waals surface area (Å²) in [6.45, 7) is 0. The van der Waals surface area contributed by atoms with Crippen molar-refractivity contribution in [2.24, 2.45) is 0 Å². The van der Waals surface area contributed by atoms with Crippen LogP contribution in [0.1, 0.15) is 20.7 Å². The third kappa shape index (κ3) is 1.89. The zero-order chi connectivity index (χ0) is 20.9. The number of benzene rings is 5. The van der Waals surface area contributed by atoms with Crippen LogP contribution in [0.4, 0.5) is 0 Å². The minimum atomic E-state index is -0.587. The highest BCUT2D eigenvalue weighted by Crippen LogP contribution is 2.52. The normalized spacial score (nSPS) is 12.3. The number of hydrogen-bond acceptors (Lipinski definition) is 4.